The number of esters is 1. The molecule has 0 saturated heterocycles. The van der Waals surface area contributed by atoms with Gasteiger partial charge in [-0.1, -0.05) is 18.2 Å². The fourth-order valence-electron chi connectivity index (χ4n) is 2.53. The van der Waals surface area contributed by atoms with Gasteiger partial charge in [-0.05, 0) is 41.5 Å². The van der Waals surface area contributed by atoms with Crippen LogP contribution >= 0.6 is 0 Å². The third-order valence-corrected chi connectivity index (χ3v) is 3.72. The molecule has 0 aliphatic heterocycles. The lowest BCUT2D eigenvalue weighted by Crippen LogP contribution is -2.10. The van der Waals surface area contributed by atoms with Gasteiger partial charge in [0, 0.05) is 18.1 Å². The average Bonchev–Trinajstić information content (AvgIpc) is 2.65. The number of carbonyl (C=O) groups is 1. The fourth-order valence-corrected chi connectivity index (χ4v) is 2.53. The predicted molar refractivity (Wildman–Crippen MR) is 93.1 cm³/mol. The van der Waals surface area contributed by atoms with Gasteiger partial charge in [0.1, 0.15) is 12.4 Å². The summed E-state index contributed by atoms with van der Waals surface area (Å²) in [7, 11) is 1.37. The van der Waals surface area contributed by atoms with E-state index in [4.69, 9.17) is 15.2 Å². The number of nitrogens with zero attached hydrogens (tertiary/aromatic N) is 1. The van der Waals surface area contributed by atoms with Gasteiger partial charge in [-0.2, -0.15) is 0 Å². The molecule has 0 saturated carbocycles. The van der Waals surface area contributed by atoms with Gasteiger partial charge in [0.15, 0.2) is 0 Å². The van der Waals surface area contributed by atoms with Crippen LogP contribution in [-0.2, 0) is 4.74 Å². The molecule has 0 spiro atoms. The monoisotopic (exact) mass is 322 g/mol. The molecule has 24 heavy (non-hydrogen) atoms. The van der Waals surface area contributed by atoms with Crippen molar-refractivity contribution in [1.82, 2.24) is 4.98 Å². The molecule has 5 heteroatoms. The summed E-state index contributed by atoms with van der Waals surface area (Å²) in [4.78, 5) is 16.2. The molecule has 0 bridgehead atoms. The van der Waals surface area contributed by atoms with Crippen molar-refractivity contribution in [2.45, 2.75) is 0 Å². The van der Waals surface area contributed by atoms with Crippen molar-refractivity contribution in [3.8, 4) is 16.9 Å². The lowest BCUT2D eigenvalue weighted by molar-refractivity contribution is 0.0603. The van der Waals surface area contributed by atoms with Crippen LogP contribution in [0.25, 0.3) is 22.0 Å². The molecular weight excluding hydrogens is 304 g/mol. The number of methoxy groups -OCH3 is 1. The van der Waals surface area contributed by atoms with Crippen molar-refractivity contribution in [2.75, 3.05) is 20.3 Å². The Hall–Kier alpha value is -2.92. The largest absolute Gasteiger partial charge is 0.492 e. The van der Waals surface area contributed by atoms with Crippen LogP contribution in [0, 0.1) is 0 Å². The van der Waals surface area contributed by atoms with Crippen LogP contribution < -0.4 is 10.5 Å². The third-order valence-electron chi connectivity index (χ3n) is 3.72. The van der Waals surface area contributed by atoms with Crippen molar-refractivity contribution >= 4 is 16.9 Å². The highest BCUT2D eigenvalue weighted by Crippen LogP contribution is 2.27. The summed E-state index contributed by atoms with van der Waals surface area (Å²) in [6.45, 7) is 0.971. The number of carbonyl (C=O) groups excluding carboxylic acids is 1. The molecule has 0 amide bonds. The second kappa shape index (κ2) is 7.10. The summed E-state index contributed by atoms with van der Waals surface area (Å²) in [6.07, 6.45) is 1.61. The Morgan fingerprint density at radius 1 is 1.08 bits per heavy atom. The predicted octanol–water partition coefficient (Wildman–Crippen LogP) is 3.03. The first-order valence-electron chi connectivity index (χ1n) is 7.63. The minimum Gasteiger partial charge on any atom is -0.492 e. The molecule has 0 aliphatic rings. The number of hydrogen-bond donors (Lipinski definition) is 1. The molecule has 3 aromatic rings. The summed E-state index contributed by atoms with van der Waals surface area (Å²) in [5.41, 5.74) is 8.71. The van der Waals surface area contributed by atoms with Crippen molar-refractivity contribution in [3.63, 3.8) is 0 Å². The summed E-state index contributed by atoms with van der Waals surface area (Å²) >= 11 is 0. The molecule has 3 rings (SSSR count). The Morgan fingerprint density at radius 2 is 1.83 bits per heavy atom. The lowest BCUT2D eigenvalue weighted by Gasteiger charge is -2.09. The van der Waals surface area contributed by atoms with Crippen LogP contribution in [-0.4, -0.2) is 31.2 Å². The number of benzene rings is 2. The minimum atomic E-state index is -0.370. The molecule has 1 aromatic heterocycles. The van der Waals surface area contributed by atoms with Gasteiger partial charge < -0.3 is 15.2 Å². The number of fused-ring (bicyclic) bond motifs is 1. The van der Waals surface area contributed by atoms with Gasteiger partial charge in [-0.3, -0.25) is 4.98 Å². The quantitative estimate of drug-likeness (QED) is 0.731. The second-order valence-electron chi connectivity index (χ2n) is 5.24. The number of hydrogen-bond acceptors (Lipinski definition) is 5. The molecular formula is C19H18N2O3. The maximum Gasteiger partial charge on any atom is 0.338 e. The van der Waals surface area contributed by atoms with E-state index in [1.54, 1.807) is 12.3 Å². The normalized spacial score (nSPS) is 10.6. The van der Waals surface area contributed by atoms with Gasteiger partial charge in [0.05, 0.1) is 18.2 Å². The van der Waals surface area contributed by atoms with Gasteiger partial charge in [-0.25, -0.2) is 4.79 Å². The molecule has 0 radical (unpaired) electrons. The smallest absolute Gasteiger partial charge is 0.338 e. The SMILES string of the molecule is COC(=O)c1ccnc2ccc(-c3ccc(OCCN)cc3)cc12. The summed E-state index contributed by atoms with van der Waals surface area (Å²) < 4.78 is 10.3. The van der Waals surface area contributed by atoms with Crippen LogP contribution in [0.1, 0.15) is 10.4 Å². The van der Waals surface area contributed by atoms with Crippen molar-refractivity contribution < 1.29 is 14.3 Å². The first-order valence-corrected chi connectivity index (χ1v) is 7.63. The Morgan fingerprint density at radius 3 is 2.54 bits per heavy atom. The van der Waals surface area contributed by atoms with Crippen LogP contribution in [0.2, 0.25) is 0 Å². The van der Waals surface area contributed by atoms with E-state index < -0.39 is 0 Å². The van der Waals surface area contributed by atoms with Crippen molar-refractivity contribution in [1.29, 1.82) is 0 Å². The molecule has 0 atom stereocenters. The van der Waals surface area contributed by atoms with Gasteiger partial charge in [-0.15, -0.1) is 0 Å². The van der Waals surface area contributed by atoms with Gasteiger partial charge in [0.2, 0.25) is 0 Å². The van der Waals surface area contributed by atoms with Crippen LogP contribution in [0.4, 0.5) is 0 Å². The molecule has 2 aromatic carbocycles. The molecule has 5 nitrogen and oxygen atoms in total. The third kappa shape index (κ3) is 3.21. The molecule has 0 aliphatic carbocycles. The van der Waals surface area contributed by atoms with E-state index in [1.807, 2.05) is 42.5 Å². The maximum atomic E-state index is 11.9. The number of pyridine rings is 1. The Bertz CT molecular complexity index is 860. The van der Waals surface area contributed by atoms with E-state index in [1.165, 1.54) is 7.11 Å². The van der Waals surface area contributed by atoms with Crippen molar-refractivity contribution in [2.24, 2.45) is 5.73 Å². The van der Waals surface area contributed by atoms with Gasteiger partial charge >= 0.3 is 5.97 Å². The van der Waals surface area contributed by atoms with Crippen LogP contribution in [0.15, 0.2) is 54.7 Å². The van der Waals surface area contributed by atoms with E-state index in [2.05, 4.69) is 4.98 Å². The Kier molecular flexibility index (Phi) is 4.72. The second-order valence-corrected chi connectivity index (χ2v) is 5.24. The number of ether oxygens (including phenoxy) is 2. The standard InChI is InChI=1S/C19H18N2O3/c1-23-19(22)16-8-10-21-18-7-4-14(12-17(16)18)13-2-5-15(6-3-13)24-11-9-20/h2-8,10,12H,9,11,20H2,1H3. The van der Waals surface area contributed by atoms with Crippen LogP contribution in [0.5, 0.6) is 5.75 Å². The minimum absolute atomic E-state index is 0.370. The summed E-state index contributed by atoms with van der Waals surface area (Å²) in [5.74, 6) is 0.409. The maximum absolute atomic E-state index is 11.9. The highest BCUT2D eigenvalue weighted by atomic mass is 16.5. The zero-order valence-corrected chi connectivity index (χ0v) is 13.4. The molecule has 1 heterocycles. The zero-order valence-electron chi connectivity index (χ0n) is 13.4. The van der Waals surface area contributed by atoms with E-state index in [0.717, 1.165) is 27.8 Å². The molecule has 2 N–H and O–H groups in total. The average molecular weight is 322 g/mol. The number of rotatable bonds is 5. The number of aromatic nitrogens is 1. The van der Waals surface area contributed by atoms with Crippen LogP contribution in [0.3, 0.4) is 0 Å². The molecule has 122 valence electrons. The first-order chi connectivity index (χ1) is 11.7. The molecule has 0 unspecified atom stereocenters. The lowest BCUT2D eigenvalue weighted by atomic mass is 10.0. The van der Waals surface area contributed by atoms with E-state index in [-0.39, 0.29) is 5.97 Å². The summed E-state index contributed by atoms with van der Waals surface area (Å²) in [6, 6.07) is 15.2. The fraction of sp³-hybridized carbons (Fsp3) is 0.158. The first kappa shape index (κ1) is 16.0. The summed E-state index contributed by atoms with van der Waals surface area (Å²) in [5, 5.41) is 0.769. The molecule has 0 fully saturated rings. The van der Waals surface area contributed by atoms with E-state index in [9.17, 15) is 4.79 Å². The zero-order chi connectivity index (χ0) is 16.9. The van der Waals surface area contributed by atoms with Gasteiger partial charge in [0.25, 0.3) is 0 Å². The highest BCUT2D eigenvalue weighted by molar-refractivity contribution is 6.04. The van der Waals surface area contributed by atoms with Crippen molar-refractivity contribution in [3.05, 3.63) is 60.3 Å². The Labute approximate surface area is 140 Å². The van der Waals surface area contributed by atoms with E-state index >= 15 is 0 Å². The van der Waals surface area contributed by atoms with E-state index in [0.29, 0.717) is 18.7 Å². The highest BCUT2D eigenvalue weighted by Gasteiger charge is 2.11. The number of nitrogens with two attached hydrogens (primary N) is 1. The topological polar surface area (TPSA) is 74.4 Å². The Balaban J connectivity index is 1.99.